The first-order chi connectivity index (χ1) is 11.9. The van der Waals surface area contributed by atoms with Gasteiger partial charge in [0.15, 0.2) is 0 Å². The molecule has 132 valence electrons. The molecular weight excluding hydrogens is 329 g/mol. The molecular formula is C19H19F3N2O. The monoisotopic (exact) mass is 348 g/mol. The van der Waals surface area contributed by atoms with Crippen LogP contribution in [-0.2, 0) is 12.7 Å². The van der Waals surface area contributed by atoms with Crippen LogP contribution in [0.5, 0.6) is 0 Å². The number of piperazine rings is 1. The summed E-state index contributed by atoms with van der Waals surface area (Å²) in [6.07, 6.45) is -4.38. The summed E-state index contributed by atoms with van der Waals surface area (Å²) in [6.45, 7) is 3.49. The Labute approximate surface area is 144 Å². The van der Waals surface area contributed by atoms with E-state index in [1.165, 1.54) is 17.7 Å². The van der Waals surface area contributed by atoms with E-state index in [4.69, 9.17) is 0 Å². The van der Waals surface area contributed by atoms with Gasteiger partial charge in [-0.05, 0) is 29.8 Å². The van der Waals surface area contributed by atoms with Crippen LogP contribution in [0.4, 0.5) is 13.2 Å². The molecule has 2 aromatic carbocycles. The highest BCUT2D eigenvalue weighted by Gasteiger charge is 2.30. The largest absolute Gasteiger partial charge is 0.416 e. The van der Waals surface area contributed by atoms with Crippen LogP contribution in [0.2, 0.25) is 0 Å². The van der Waals surface area contributed by atoms with E-state index < -0.39 is 11.7 Å². The topological polar surface area (TPSA) is 23.6 Å². The SMILES string of the molecule is O=C(c1ccc(C(F)(F)F)cc1)N1CCN(Cc2ccccc2)CC1. The van der Waals surface area contributed by atoms with E-state index in [2.05, 4.69) is 17.0 Å². The fourth-order valence-electron chi connectivity index (χ4n) is 2.94. The number of amides is 1. The zero-order valence-corrected chi connectivity index (χ0v) is 13.7. The van der Waals surface area contributed by atoms with Crippen LogP contribution in [0.1, 0.15) is 21.5 Å². The van der Waals surface area contributed by atoms with Crippen molar-refractivity contribution in [1.29, 1.82) is 0 Å². The number of carbonyl (C=O) groups excluding carboxylic acids is 1. The summed E-state index contributed by atoms with van der Waals surface area (Å²) in [5.74, 6) is -0.215. The summed E-state index contributed by atoms with van der Waals surface area (Å²) in [5.41, 5.74) is 0.784. The minimum absolute atomic E-state index is 0.215. The Balaban J connectivity index is 1.56. The number of rotatable bonds is 3. The Bertz CT molecular complexity index is 706. The molecule has 0 bridgehead atoms. The molecule has 0 unspecified atom stereocenters. The smallest absolute Gasteiger partial charge is 0.336 e. The highest BCUT2D eigenvalue weighted by Crippen LogP contribution is 2.29. The lowest BCUT2D eigenvalue weighted by atomic mass is 10.1. The van der Waals surface area contributed by atoms with Crippen LogP contribution in [0.25, 0.3) is 0 Å². The number of hydrogen-bond donors (Lipinski definition) is 0. The maximum absolute atomic E-state index is 12.6. The van der Waals surface area contributed by atoms with E-state index in [-0.39, 0.29) is 5.91 Å². The Morgan fingerprint density at radius 3 is 2.04 bits per heavy atom. The first-order valence-corrected chi connectivity index (χ1v) is 8.16. The summed E-state index contributed by atoms with van der Waals surface area (Å²) in [6, 6.07) is 14.5. The summed E-state index contributed by atoms with van der Waals surface area (Å²) in [4.78, 5) is 16.4. The minimum Gasteiger partial charge on any atom is -0.336 e. The van der Waals surface area contributed by atoms with Crippen LogP contribution in [0.15, 0.2) is 54.6 Å². The van der Waals surface area contributed by atoms with E-state index in [9.17, 15) is 18.0 Å². The highest BCUT2D eigenvalue weighted by atomic mass is 19.4. The molecule has 0 aliphatic carbocycles. The van der Waals surface area contributed by atoms with E-state index in [0.29, 0.717) is 18.7 Å². The predicted molar refractivity (Wildman–Crippen MR) is 89.1 cm³/mol. The molecule has 3 rings (SSSR count). The van der Waals surface area contributed by atoms with Crippen molar-refractivity contribution < 1.29 is 18.0 Å². The summed E-state index contributed by atoms with van der Waals surface area (Å²) < 4.78 is 37.8. The minimum atomic E-state index is -4.38. The second kappa shape index (κ2) is 7.27. The van der Waals surface area contributed by atoms with E-state index in [1.54, 1.807) is 4.90 Å². The predicted octanol–water partition coefficient (Wildman–Crippen LogP) is 3.66. The Morgan fingerprint density at radius 2 is 1.48 bits per heavy atom. The third kappa shape index (κ3) is 4.39. The fraction of sp³-hybridized carbons (Fsp3) is 0.316. The zero-order chi connectivity index (χ0) is 17.9. The average molecular weight is 348 g/mol. The maximum atomic E-state index is 12.6. The fourth-order valence-corrected chi connectivity index (χ4v) is 2.94. The van der Waals surface area contributed by atoms with Gasteiger partial charge in [-0.3, -0.25) is 9.69 Å². The number of nitrogens with zero attached hydrogens (tertiary/aromatic N) is 2. The first-order valence-electron chi connectivity index (χ1n) is 8.16. The molecule has 1 aliphatic heterocycles. The summed E-state index contributed by atoms with van der Waals surface area (Å²) in [7, 11) is 0. The quantitative estimate of drug-likeness (QED) is 0.845. The molecule has 1 heterocycles. The Kier molecular flexibility index (Phi) is 5.08. The number of carbonyl (C=O) groups is 1. The van der Waals surface area contributed by atoms with E-state index >= 15 is 0 Å². The molecule has 0 spiro atoms. The van der Waals surface area contributed by atoms with Crippen molar-refractivity contribution in [3.05, 3.63) is 71.3 Å². The van der Waals surface area contributed by atoms with Gasteiger partial charge in [-0.2, -0.15) is 13.2 Å². The lowest BCUT2D eigenvalue weighted by Gasteiger charge is -2.34. The van der Waals surface area contributed by atoms with Crippen LogP contribution in [0.3, 0.4) is 0 Å². The molecule has 1 aliphatic rings. The Morgan fingerprint density at radius 1 is 0.880 bits per heavy atom. The third-order valence-corrected chi connectivity index (χ3v) is 4.37. The van der Waals surface area contributed by atoms with Gasteiger partial charge in [0.2, 0.25) is 0 Å². The molecule has 1 fully saturated rings. The summed E-state index contributed by atoms with van der Waals surface area (Å²) in [5, 5.41) is 0. The molecule has 0 atom stereocenters. The number of benzene rings is 2. The van der Waals surface area contributed by atoms with Gasteiger partial charge in [-0.15, -0.1) is 0 Å². The van der Waals surface area contributed by atoms with Crippen LogP contribution < -0.4 is 0 Å². The van der Waals surface area contributed by atoms with Crippen molar-refractivity contribution in [3.8, 4) is 0 Å². The number of hydrogen-bond acceptors (Lipinski definition) is 2. The number of alkyl halides is 3. The summed E-state index contributed by atoms with van der Waals surface area (Å²) >= 11 is 0. The first kappa shape index (κ1) is 17.5. The molecule has 1 amide bonds. The lowest BCUT2D eigenvalue weighted by molar-refractivity contribution is -0.137. The van der Waals surface area contributed by atoms with Gasteiger partial charge in [0.1, 0.15) is 0 Å². The van der Waals surface area contributed by atoms with Crippen molar-refractivity contribution in [3.63, 3.8) is 0 Å². The van der Waals surface area contributed by atoms with Crippen molar-refractivity contribution in [2.24, 2.45) is 0 Å². The molecule has 0 saturated carbocycles. The standard InChI is InChI=1S/C19H19F3N2O/c20-19(21,22)17-8-6-16(7-9-17)18(25)24-12-10-23(11-13-24)14-15-4-2-1-3-5-15/h1-9H,10-14H2. The van der Waals surface area contributed by atoms with E-state index in [0.717, 1.165) is 31.8 Å². The third-order valence-electron chi connectivity index (χ3n) is 4.37. The molecule has 6 heteroatoms. The Hall–Kier alpha value is -2.34. The van der Waals surface area contributed by atoms with Gasteiger partial charge in [0.05, 0.1) is 5.56 Å². The number of halogens is 3. The van der Waals surface area contributed by atoms with Gasteiger partial charge >= 0.3 is 6.18 Å². The lowest BCUT2D eigenvalue weighted by Crippen LogP contribution is -2.48. The van der Waals surface area contributed by atoms with Crippen molar-refractivity contribution in [1.82, 2.24) is 9.80 Å². The van der Waals surface area contributed by atoms with Crippen LogP contribution >= 0.6 is 0 Å². The van der Waals surface area contributed by atoms with Gasteiger partial charge in [-0.1, -0.05) is 30.3 Å². The molecule has 0 N–H and O–H groups in total. The van der Waals surface area contributed by atoms with Gasteiger partial charge in [0, 0.05) is 38.3 Å². The van der Waals surface area contributed by atoms with Crippen LogP contribution in [-0.4, -0.2) is 41.9 Å². The van der Waals surface area contributed by atoms with Crippen LogP contribution in [0, 0.1) is 0 Å². The molecule has 2 aromatic rings. The normalized spacial score (nSPS) is 16.0. The van der Waals surface area contributed by atoms with Gasteiger partial charge < -0.3 is 4.90 Å². The van der Waals surface area contributed by atoms with Gasteiger partial charge in [0.25, 0.3) is 5.91 Å². The van der Waals surface area contributed by atoms with E-state index in [1.807, 2.05) is 18.2 Å². The maximum Gasteiger partial charge on any atom is 0.416 e. The molecule has 25 heavy (non-hydrogen) atoms. The van der Waals surface area contributed by atoms with Gasteiger partial charge in [-0.25, -0.2) is 0 Å². The second-order valence-corrected chi connectivity index (χ2v) is 6.13. The van der Waals surface area contributed by atoms with Crippen molar-refractivity contribution >= 4 is 5.91 Å². The second-order valence-electron chi connectivity index (χ2n) is 6.13. The van der Waals surface area contributed by atoms with Crippen molar-refractivity contribution in [2.45, 2.75) is 12.7 Å². The average Bonchev–Trinajstić information content (AvgIpc) is 2.62. The molecule has 3 nitrogen and oxygen atoms in total. The molecule has 1 saturated heterocycles. The highest BCUT2D eigenvalue weighted by molar-refractivity contribution is 5.94. The van der Waals surface area contributed by atoms with Crippen molar-refractivity contribution in [2.75, 3.05) is 26.2 Å². The zero-order valence-electron chi connectivity index (χ0n) is 13.7. The molecule has 0 aromatic heterocycles. The molecule has 0 radical (unpaired) electrons.